The van der Waals surface area contributed by atoms with Crippen molar-refractivity contribution in [1.29, 1.82) is 0 Å². The summed E-state index contributed by atoms with van der Waals surface area (Å²) in [5.41, 5.74) is 0. The topological polar surface area (TPSA) is 9.23 Å². The third kappa shape index (κ3) is 10.5. The van der Waals surface area contributed by atoms with E-state index in [1.807, 2.05) is 0 Å². The summed E-state index contributed by atoms with van der Waals surface area (Å²) < 4.78 is 6.17. The van der Waals surface area contributed by atoms with Crippen LogP contribution in [0.15, 0.2) is 12.2 Å². The van der Waals surface area contributed by atoms with Crippen molar-refractivity contribution >= 4 is 0 Å². The molecule has 28 heavy (non-hydrogen) atoms. The Morgan fingerprint density at radius 3 is 1.82 bits per heavy atom. The lowest BCUT2D eigenvalue weighted by molar-refractivity contribution is 0.0331. The lowest BCUT2D eigenvalue weighted by Crippen LogP contribution is -2.21. The summed E-state index contributed by atoms with van der Waals surface area (Å²) in [5, 5.41) is 0. The monoisotopic (exact) mass is 390 g/mol. The normalized spacial score (nSPS) is 28.8. The van der Waals surface area contributed by atoms with E-state index in [2.05, 4.69) is 26.0 Å². The van der Waals surface area contributed by atoms with Crippen molar-refractivity contribution in [2.45, 2.75) is 136 Å². The maximum Gasteiger partial charge on any atom is 0.0651 e. The van der Waals surface area contributed by atoms with E-state index in [4.69, 9.17) is 4.74 Å². The fourth-order valence-electron chi connectivity index (χ4n) is 5.42. The van der Waals surface area contributed by atoms with Crippen LogP contribution in [0.25, 0.3) is 0 Å². The standard InChI is InChI=1S/C27H50O/c1-3-5-7-8-10-13-24-15-17-26(18-16-24)14-11-23-28-27-21-19-25(20-22-27)12-9-6-4-2/h11,14,24-27H,3-10,12-13,15-23H2,1-2H3. The largest absolute Gasteiger partial charge is 0.374 e. The quantitative estimate of drug-likeness (QED) is 0.212. The molecule has 2 fully saturated rings. The van der Waals surface area contributed by atoms with Gasteiger partial charge < -0.3 is 4.74 Å². The molecular weight excluding hydrogens is 340 g/mol. The van der Waals surface area contributed by atoms with E-state index in [0.717, 1.165) is 24.4 Å². The van der Waals surface area contributed by atoms with Crippen molar-refractivity contribution in [2.75, 3.05) is 6.61 Å². The van der Waals surface area contributed by atoms with Gasteiger partial charge in [-0.15, -0.1) is 0 Å². The van der Waals surface area contributed by atoms with Crippen LogP contribution >= 0.6 is 0 Å². The van der Waals surface area contributed by atoms with E-state index in [1.54, 1.807) is 0 Å². The average Bonchev–Trinajstić information content (AvgIpc) is 2.73. The molecule has 0 spiro atoms. The van der Waals surface area contributed by atoms with Gasteiger partial charge in [-0.05, 0) is 69.1 Å². The highest BCUT2D eigenvalue weighted by Gasteiger charge is 2.21. The average molecular weight is 391 g/mol. The molecule has 0 radical (unpaired) electrons. The van der Waals surface area contributed by atoms with E-state index in [-0.39, 0.29) is 0 Å². The zero-order chi connectivity index (χ0) is 19.9. The van der Waals surface area contributed by atoms with Gasteiger partial charge in [-0.2, -0.15) is 0 Å². The van der Waals surface area contributed by atoms with E-state index in [0.29, 0.717) is 6.10 Å². The minimum Gasteiger partial charge on any atom is -0.374 e. The highest BCUT2D eigenvalue weighted by atomic mass is 16.5. The first-order valence-corrected chi connectivity index (χ1v) is 13.1. The Labute approximate surface area is 177 Å². The lowest BCUT2D eigenvalue weighted by Gasteiger charge is -2.28. The van der Waals surface area contributed by atoms with Gasteiger partial charge in [-0.3, -0.25) is 0 Å². The van der Waals surface area contributed by atoms with Crippen LogP contribution in [0.2, 0.25) is 0 Å². The summed E-state index contributed by atoms with van der Waals surface area (Å²) in [6.07, 6.45) is 30.9. The number of allylic oxidation sites excluding steroid dienone is 1. The van der Waals surface area contributed by atoms with Crippen molar-refractivity contribution in [1.82, 2.24) is 0 Å². The molecule has 0 bridgehead atoms. The van der Waals surface area contributed by atoms with Gasteiger partial charge in [-0.1, -0.05) is 90.2 Å². The second kappa shape index (κ2) is 15.5. The van der Waals surface area contributed by atoms with Crippen LogP contribution in [0.1, 0.15) is 129 Å². The van der Waals surface area contributed by atoms with E-state index >= 15 is 0 Å². The van der Waals surface area contributed by atoms with Crippen molar-refractivity contribution in [3.63, 3.8) is 0 Å². The summed E-state index contributed by atoms with van der Waals surface area (Å²) in [4.78, 5) is 0. The second-order valence-electron chi connectivity index (χ2n) is 9.88. The van der Waals surface area contributed by atoms with Gasteiger partial charge in [0, 0.05) is 0 Å². The van der Waals surface area contributed by atoms with Crippen LogP contribution < -0.4 is 0 Å². The van der Waals surface area contributed by atoms with E-state index < -0.39 is 0 Å². The molecule has 0 aromatic rings. The highest BCUT2D eigenvalue weighted by Crippen LogP contribution is 2.33. The van der Waals surface area contributed by atoms with E-state index in [9.17, 15) is 0 Å². The summed E-state index contributed by atoms with van der Waals surface area (Å²) in [6, 6.07) is 0. The van der Waals surface area contributed by atoms with Crippen LogP contribution in [0.3, 0.4) is 0 Å². The van der Waals surface area contributed by atoms with Gasteiger partial charge in [0.05, 0.1) is 12.7 Å². The third-order valence-corrected chi connectivity index (χ3v) is 7.45. The highest BCUT2D eigenvalue weighted by molar-refractivity contribution is 4.91. The Kier molecular flexibility index (Phi) is 13.3. The molecule has 2 aliphatic rings. The summed E-state index contributed by atoms with van der Waals surface area (Å²) >= 11 is 0. The molecule has 2 aliphatic carbocycles. The Bertz CT molecular complexity index is 372. The second-order valence-corrected chi connectivity index (χ2v) is 9.88. The number of hydrogen-bond acceptors (Lipinski definition) is 1. The van der Waals surface area contributed by atoms with Crippen LogP contribution in [-0.4, -0.2) is 12.7 Å². The molecule has 0 unspecified atom stereocenters. The molecule has 0 heterocycles. The molecule has 0 amide bonds. The number of ether oxygens (including phenoxy) is 1. The molecule has 164 valence electrons. The zero-order valence-corrected chi connectivity index (χ0v) is 19.3. The Morgan fingerprint density at radius 2 is 1.18 bits per heavy atom. The lowest BCUT2D eigenvalue weighted by atomic mass is 9.79. The summed E-state index contributed by atoms with van der Waals surface area (Å²) in [5.74, 6) is 2.84. The summed E-state index contributed by atoms with van der Waals surface area (Å²) in [7, 11) is 0. The molecule has 0 atom stereocenters. The SMILES string of the molecule is CCCCCCCC1CCC(C=CCOC2CCC(CCCCC)CC2)CC1. The number of hydrogen-bond donors (Lipinski definition) is 0. The fraction of sp³-hybridized carbons (Fsp3) is 0.926. The fourth-order valence-corrected chi connectivity index (χ4v) is 5.42. The smallest absolute Gasteiger partial charge is 0.0651 e. The Hall–Kier alpha value is -0.300. The van der Waals surface area contributed by atoms with Crippen molar-refractivity contribution < 1.29 is 4.74 Å². The molecule has 0 aliphatic heterocycles. The first kappa shape index (κ1) is 24.0. The molecule has 2 rings (SSSR count). The van der Waals surface area contributed by atoms with Crippen LogP contribution in [0, 0.1) is 17.8 Å². The molecule has 2 saturated carbocycles. The predicted molar refractivity (Wildman–Crippen MR) is 124 cm³/mol. The van der Waals surface area contributed by atoms with Crippen molar-refractivity contribution in [3.8, 4) is 0 Å². The van der Waals surface area contributed by atoms with Gasteiger partial charge >= 0.3 is 0 Å². The molecule has 1 heteroatoms. The third-order valence-electron chi connectivity index (χ3n) is 7.45. The Balaban J connectivity index is 1.46. The van der Waals surface area contributed by atoms with Gasteiger partial charge in [0.15, 0.2) is 0 Å². The predicted octanol–water partition coefficient (Wildman–Crippen LogP) is 8.87. The van der Waals surface area contributed by atoms with Gasteiger partial charge in [0.25, 0.3) is 0 Å². The van der Waals surface area contributed by atoms with E-state index in [1.165, 1.54) is 116 Å². The molecule has 1 nitrogen and oxygen atoms in total. The van der Waals surface area contributed by atoms with Gasteiger partial charge in [0.2, 0.25) is 0 Å². The molecule has 0 saturated heterocycles. The molecule has 0 aromatic carbocycles. The molecular formula is C27H50O. The van der Waals surface area contributed by atoms with Crippen LogP contribution in [-0.2, 0) is 4.74 Å². The first-order valence-electron chi connectivity index (χ1n) is 13.1. The zero-order valence-electron chi connectivity index (χ0n) is 19.3. The van der Waals surface area contributed by atoms with Crippen molar-refractivity contribution in [3.05, 3.63) is 12.2 Å². The minimum atomic E-state index is 0.538. The number of unbranched alkanes of at least 4 members (excludes halogenated alkanes) is 6. The molecule has 0 aromatic heterocycles. The van der Waals surface area contributed by atoms with Gasteiger partial charge in [0.1, 0.15) is 0 Å². The maximum absolute atomic E-state index is 6.17. The van der Waals surface area contributed by atoms with Crippen LogP contribution in [0.5, 0.6) is 0 Å². The first-order chi connectivity index (χ1) is 13.8. The summed E-state index contributed by atoms with van der Waals surface area (Å²) in [6.45, 7) is 5.46. The minimum absolute atomic E-state index is 0.538. The number of rotatable bonds is 14. The molecule has 0 N–H and O–H groups in total. The van der Waals surface area contributed by atoms with Crippen LogP contribution in [0.4, 0.5) is 0 Å². The van der Waals surface area contributed by atoms with Gasteiger partial charge in [-0.25, -0.2) is 0 Å². The van der Waals surface area contributed by atoms with Crippen molar-refractivity contribution in [2.24, 2.45) is 17.8 Å². The maximum atomic E-state index is 6.17. The Morgan fingerprint density at radius 1 is 0.643 bits per heavy atom.